The number of alkyl halides is 2. The molecular formula is C21H19BrF2N3O4-. The van der Waals surface area contributed by atoms with E-state index in [0.29, 0.717) is 5.69 Å². The molecular weight excluding hydrogens is 476 g/mol. The monoisotopic (exact) mass is 494 g/mol. The molecule has 7 nitrogen and oxygen atoms in total. The lowest BCUT2D eigenvalue weighted by molar-refractivity contribution is -0.310. The Balaban J connectivity index is 2.03. The first-order chi connectivity index (χ1) is 14.7. The third kappa shape index (κ3) is 5.26. The van der Waals surface area contributed by atoms with E-state index >= 15 is 0 Å². The SMILES string of the molecule is CC(C)C(C(=O)[O-])C(=O)n1cc(COC(F)F)cc1-c1ncc(-c2ccc(Br)cc2)[nH]1. The Morgan fingerprint density at radius 2 is 1.94 bits per heavy atom. The summed E-state index contributed by atoms with van der Waals surface area (Å²) in [6, 6.07) is 8.89. The van der Waals surface area contributed by atoms with Crippen molar-refractivity contribution in [3.05, 3.63) is 52.8 Å². The number of nitrogens with one attached hydrogen (secondary N) is 1. The summed E-state index contributed by atoms with van der Waals surface area (Å²) in [7, 11) is 0. The molecule has 31 heavy (non-hydrogen) atoms. The Labute approximate surface area is 185 Å². The van der Waals surface area contributed by atoms with E-state index in [2.05, 4.69) is 30.6 Å². The molecule has 0 radical (unpaired) electrons. The zero-order chi connectivity index (χ0) is 22.7. The van der Waals surface area contributed by atoms with Gasteiger partial charge in [0.1, 0.15) is 0 Å². The van der Waals surface area contributed by atoms with Gasteiger partial charge in [-0.3, -0.25) is 9.36 Å². The van der Waals surface area contributed by atoms with Crippen LogP contribution < -0.4 is 5.11 Å². The topological polar surface area (TPSA) is 100 Å². The van der Waals surface area contributed by atoms with Gasteiger partial charge < -0.3 is 19.6 Å². The molecule has 0 amide bonds. The second-order valence-electron chi connectivity index (χ2n) is 7.21. The maximum Gasteiger partial charge on any atom is 0.345 e. The average molecular weight is 495 g/mol. The predicted octanol–water partition coefficient (Wildman–Crippen LogP) is 3.71. The van der Waals surface area contributed by atoms with Crippen molar-refractivity contribution in [3.63, 3.8) is 0 Å². The van der Waals surface area contributed by atoms with Crippen LogP contribution in [0.25, 0.3) is 22.8 Å². The molecule has 0 fully saturated rings. The summed E-state index contributed by atoms with van der Waals surface area (Å²) in [6.45, 7) is -0.272. The maximum atomic E-state index is 13.0. The number of H-pyrrole nitrogens is 1. The van der Waals surface area contributed by atoms with Crippen molar-refractivity contribution in [2.45, 2.75) is 27.1 Å². The lowest BCUT2D eigenvalue weighted by Gasteiger charge is -2.21. The maximum absolute atomic E-state index is 13.0. The lowest BCUT2D eigenvalue weighted by atomic mass is 9.95. The van der Waals surface area contributed by atoms with E-state index in [0.717, 1.165) is 14.6 Å². The number of carboxylic acid groups (broad SMARTS) is 1. The minimum absolute atomic E-state index is 0.230. The Bertz CT molecular complexity index is 1080. The largest absolute Gasteiger partial charge is 0.549 e. The van der Waals surface area contributed by atoms with Gasteiger partial charge in [-0.25, -0.2) is 4.98 Å². The third-order valence-electron chi connectivity index (χ3n) is 4.65. The molecule has 0 aliphatic rings. The smallest absolute Gasteiger partial charge is 0.345 e. The minimum atomic E-state index is -2.98. The highest BCUT2D eigenvalue weighted by atomic mass is 79.9. The first-order valence-corrected chi connectivity index (χ1v) is 10.1. The number of carbonyl (C=O) groups excluding carboxylic acids is 2. The molecule has 1 atom stereocenters. The second-order valence-corrected chi connectivity index (χ2v) is 8.12. The predicted molar refractivity (Wildman–Crippen MR) is 110 cm³/mol. The number of ether oxygens (including phenoxy) is 1. The van der Waals surface area contributed by atoms with Crippen molar-refractivity contribution in [3.8, 4) is 22.8 Å². The van der Waals surface area contributed by atoms with Crippen LogP contribution in [0.15, 0.2) is 47.2 Å². The van der Waals surface area contributed by atoms with Crippen molar-refractivity contribution in [1.29, 1.82) is 0 Å². The molecule has 1 aromatic carbocycles. The number of nitrogens with zero attached hydrogens (tertiary/aromatic N) is 2. The highest BCUT2D eigenvalue weighted by Crippen LogP contribution is 2.27. The number of imidazole rings is 1. The van der Waals surface area contributed by atoms with E-state index < -0.39 is 36.9 Å². The molecule has 0 aliphatic carbocycles. The van der Waals surface area contributed by atoms with Crippen molar-refractivity contribution < 1.29 is 28.2 Å². The molecule has 0 saturated carbocycles. The molecule has 0 spiro atoms. The fraction of sp³-hybridized carbons (Fsp3) is 0.286. The standard InChI is InChI=1S/C21H20BrF2N3O4/c1-11(2)17(20(29)30)19(28)27-9-12(10-31-21(23)24)7-16(27)18-25-8-15(26-18)13-3-5-14(22)6-4-13/h3-9,11,17,21H,10H2,1-2H3,(H,25,26)(H,29,30)/p-1. The van der Waals surface area contributed by atoms with Gasteiger partial charge in [0.15, 0.2) is 5.82 Å². The molecule has 0 aliphatic heterocycles. The first kappa shape index (κ1) is 22.8. The van der Waals surface area contributed by atoms with Gasteiger partial charge in [-0.2, -0.15) is 8.78 Å². The van der Waals surface area contributed by atoms with Crippen molar-refractivity contribution in [2.24, 2.45) is 11.8 Å². The Morgan fingerprint density at radius 3 is 2.52 bits per heavy atom. The minimum Gasteiger partial charge on any atom is -0.549 e. The van der Waals surface area contributed by atoms with Gasteiger partial charge >= 0.3 is 6.61 Å². The normalized spacial score (nSPS) is 12.5. The summed E-state index contributed by atoms with van der Waals surface area (Å²) < 4.78 is 31.3. The van der Waals surface area contributed by atoms with E-state index in [1.165, 1.54) is 12.3 Å². The number of aromatic nitrogens is 3. The molecule has 10 heteroatoms. The average Bonchev–Trinajstić information content (AvgIpc) is 3.33. The van der Waals surface area contributed by atoms with Gasteiger partial charge in [0.05, 0.1) is 36.1 Å². The van der Waals surface area contributed by atoms with Crippen LogP contribution in [0.3, 0.4) is 0 Å². The van der Waals surface area contributed by atoms with Gasteiger partial charge in [0.25, 0.3) is 0 Å². The number of hydrogen-bond donors (Lipinski definition) is 1. The number of benzene rings is 1. The van der Waals surface area contributed by atoms with Gasteiger partial charge in [-0.05, 0) is 35.2 Å². The summed E-state index contributed by atoms with van der Waals surface area (Å²) in [4.78, 5) is 31.9. The molecule has 1 N–H and O–H groups in total. The zero-order valence-electron chi connectivity index (χ0n) is 16.6. The van der Waals surface area contributed by atoms with E-state index in [9.17, 15) is 23.5 Å². The zero-order valence-corrected chi connectivity index (χ0v) is 18.2. The van der Waals surface area contributed by atoms with Crippen LogP contribution in [-0.4, -0.2) is 33.0 Å². The molecule has 3 aromatic rings. The van der Waals surface area contributed by atoms with Crippen LogP contribution in [0.5, 0.6) is 0 Å². The Hall–Kier alpha value is -2.85. The number of carboxylic acids is 1. The summed E-state index contributed by atoms with van der Waals surface area (Å²) in [5.41, 5.74) is 2.00. The van der Waals surface area contributed by atoms with Crippen molar-refractivity contribution in [1.82, 2.24) is 14.5 Å². The number of rotatable bonds is 8. The summed E-state index contributed by atoms with van der Waals surface area (Å²) in [6.07, 6.45) is 2.84. The van der Waals surface area contributed by atoms with Crippen LogP contribution in [-0.2, 0) is 16.1 Å². The van der Waals surface area contributed by atoms with Crippen LogP contribution in [0.2, 0.25) is 0 Å². The van der Waals surface area contributed by atoms with E-state index in [1.54, 1.807) is 20.0 Å². The number of hydrogen-bond acceptors (Lipinski definition) is 5. The summed E-state index contributed by atoms with van der Waals surface area (Å²) in [5, 5.41) is 11.5. The summed E-state index contributed by atoms with van der Waals surface area (Å²) >= 11 is 3.36. The van der Waals surface area contributed by atoms with Crippen LogP contribution in [0.4, 0.5) is 8.78 Å². The fourth-order valence-corrected chi connectivity index (χ4v) is 3.42. The Kier molecular flexibility index (Phi) is 7.01. The molecule has 2 aromatic heterocycles. The lowest BCUT2D eigenvalue weighted by Crippen LogP contribution is -2.41. The Morgan fingerprint density at radius 1 is 1.26 bits per heavy atom. The quantitative estimate of drug-likeness (QED) is 0.481. The van der Waals surface area contributed by atoms with Gasteiger partial charge in [0.2, 0.25) is 5.91 Å². The van der Waals surface area contributed by atoms with E-state index in [4.69, 9.17) is 0 Å². The highest BCUT2D eigenvalue weighted by molar-refractivity contribution is 9.10. The van der Waals surface area contributed by atoms with Crippen LogP contribution >= 0.6 is 15.9 Å². The summed E-state index contributed by atoms with van der Waals surface area (Å²) in [5.74, 6) is -3.95. The molecule has 164 valence electrons. The van der Waals surface area contributed by atoms with Crippen molar-refractivity contribution >= 4 is 27.8 Å². The van der Waals surface area contributed by atoms with Gasteiger partial charge in [-0.15, -0.1) is 0 Å². The molecule has 0 saturated heterocycles. The number of carbonyl (C=O) groups is 2. The molecule has 1 unspecified atom stereocenters. The number of aromatic amines is 1. The second kappa shape index (κ2) is 9.52. The van der Waals surface area contributed by atoms with Gasteiger partial charge in [-0.1, -0.05) is 41.9 Å². The fourth-order valence-electron chi connectivity index (χ4n) is 3.16. The van der Waals surface area contributed by atoms with E-state index in [1.807, 2.05) is 24.3 Å². The van der Waals surface area contributed by atoms with Crippen LogP contribution in [0.1, 0.15) is 24.2 Å². The molecule has 3 rings (SSSR count). The van der Waals surface area contributed by atoms with Crippen LogP contribution in [0, 0.1) is 11.8 Å². The molecule has 0 bridgehead atoms. The third-order valence-corrected chi connectivity index (χ3v) is 5.18. The number of halogens is 3. The van der Waals surface area contributed by atoms with E-state index in [-0.39, 0.29) is 17.1 Å². The van der Waals surface area contributed by atoms with Gasteiger partial charge in [0, 0.05) is 10.7 Å². The number of aliphatic carboxylic acids is 1. The molecule has 2 heterocycles. The van der Waals surface area contributed by atoms with Crippen molar-refractivity contribution in [2.75, 3.05) is 0 Å². The first-order valence-electron chi connectivity index (χ1n) is 9.34. The highest BCUT2D eigenvalue weighted by Gasteiger charge is 2.28.